The highest BCUT2D eigenvalue weighted by Crippen LogP contribution is 2.25. The first-order valence-electron chi connectivity index (χ1n) is 4.78. The Morgan fingerprint density at radius 1 is 1.44 bits per heavy atom. The second-order valence-corrected chi connectivity index (χ2v) is 3.91. The van der Waals surface area contributed by atoms with Gasteiger partial charge in [0.25, 0.3) is 0 Å². The fourth-order valence-corrected chi connectivity index (χ4v) is 1.79. The van der Waals surface area contributed by atoms with Crippen LogP contribution in [0, 0.1) is 5.82 Å². The number of nitrogens with two attached hydrogens (primary N) is 1. The van der Waals surface area contributed by atoms with E-state index in [2.05, 4.69) is 5.10 Å². The summed E-state index contributed by atoms with van der Waals surface area (Å²) in [6.07, 6.45) is 1.62. The van der Waals surface area contributed by atoms with Gasteiger partial charge in [0.05, 0.1) is 16.8 Å². The SMILES string of the molecule is Cn1nccc1C(N)c1cccc(Cl)c1F. The van der Waals surface area contributed by atoms with Crippen LogP contribution in [0.2, 0.25) is 5.02 Å². The summed E-state index contributed by atoms with van der Waals surface area (Å²) in [7, 11) is 1.76. The van der Waals surface area contributed by atoms with E-state index >= 15 is 0 Å². The van der Waals surface area contributed by atoms with Gasteiger partial charge in [-0.25, -0.2) is 4.39 Å². The van der Waals surface area contributed by atoms with Gasteiger partial charge in [-0.1, -0.05) is 23.7 Å². The number of hydrogen-bond donors (Lipinski definition) is 1. The molecule has 5 heteroatoms. The van der Waals surface area contributed by atoms with Crippen molar-refractivity contribution in [1.82, 2.24) is 9.78 Å². The van der Waals surface area contributed by atoms with Crippen molar-refractivity contribution in [1.29, 1.82) is 0 Å². The van der Waals surface area contributed by atoms with E-state index in [1.54, 1.807) is 36.1 Å². The van der Waals surface area contributed by atoms with Crippen molar-refractivity contribution < 1.29 is 4.39 Å². The van der Waals surface area contributed by atoms with Gasteiger partial charge in [0.1, 0.15) is 5.82 Å². The Morgan fingerprint density at radius 2 is 2.19 bits per heavy atom. The normalized spacial score (nSPS) is 12.8. The zero-order valence-electron chi connectivity index (χ0n) is 8.69. The van der Waals surface area contributed by atoms with E-state index in [9.17, 15) is 4.39 Å². The van der Waals surface area contributed by atoms with Gasteiger partial charge >= 0.3 is 0 Å². The van der Waals surface area contributed by atoms with Gasteiger partial charge in [0.2, 0.25) is 0 Å². The predicted molar refractivity (Wildman–Crippen MR) is 60.6 cm³/mol. The smallest absolute Gasteiger partial charge is 0.146 e. The molecule has 0 saturated carbocycles. The Bertz CT molecular complexity index is 510. The maximum atomic E-state index is 13.7. The summed E-state index contributed by atoms with van der Waals surface area (Å²) in [6.45, 7) is 0. The van der Waals surface area contributed by atoms with Crippen molar-refractivity contribution in [3.05, 3.63) is 52.6 Å². The summed E-state index contributed by atoms with van der Waals surface area (Å²) in [4.78, 5) is 0. The van der Waals surface area contributed by atoms with Crippen LogP contribution in [0.25, 0.3) is 0 Å². The van der Waals surface area contributed by atoms with E-state index in [-0.39, 0.29) is 5.02 Å². The molecule has 16 heavy (non-hydrogen) atoms. The second kappa shape index (κ2) is 4.23. The lowest BCUT2D eigenvalue weighted by Crippen LogP contribution is -2.17. The Hall–Kier alpha value is -1.39. The molecule has 0 fully saturated rings. The van der Waals surface area contributed by atoms with Crippen LogP contribution in [0.1, 0.15) is 17.3 Å². The van der Waals surface area contributed by atoms with Crippen molar-refractivity contribution >= 4 is 11.6 Å². The Balaban J connectivity index is 2.46. The summed E-state index contributed by atoms with van der Waals surface area (Å²) in [5.41, 5.74) is 7.08. The van der Waals surface area contributed by atoms with Crippen molar-refractivity contribution in [2.45, 2.75) is 6.04 Å². The molecule has 0 bridgehead atoms. The number of nitrogens with zero attached hydrogens (tertiary/aromatic N) is 2. The molecule has 2 aromatic rings. The number of rotatable bonds is 2. The first-order chi connectivity index (χ1) is 7.61. The molecule has 2 N–H and O–H groups in total. The van der Waals surface area contributed by atoms with Gasteiger partial charge in [-0.15, -0.1) is 0 Å². The molecule has 1 aromatic heterocycles. The molecule has 84 valence electrons. The summed E-state index contributed by atoms with van der Waals surface area (Å²) >= 11 is 5.71. The topological polar surface area (TPSA) is 43.8 Å². The summed E-state index contributed by atoms with van der Waals surface area (Å²) in [6, 6.07) is 5.99. The van der Waals surface area contributed by atoms with Gasteiger partial charge in [-0.2, -0.15) is 5.10 Å². The van der Waals surface area contributed by atoms with Crippen LogP contribution < -0.4 is 5.73 Å². The highest BCUT2D eigenvalue weighted by atomic mass is 35.5. The first-order valence-corrected chi connectivity index (χ1v) is 5.16. The Morgan fingerprint density at radius 3 is 2.81 bits per heavy atom. The first kappa shape index (κ1) is 11.1. The van der Waals surface area contributed by atoms with E-state index < -0.39 is 11.9 Å². The molecule has 0 aliphatic rings. The average molecular weight is 240 g/mol. The molecule has 1 aromatic carbocycles. The second-order valence-electron chi connectivity index (χ2n) is 3.50. The summed E-state index contributed by atoms with van der Waals surface area (Å²) in [5, 5.41) is 4.08. The van der Waals surface area contributed by atoms with Crippen LogP contribution in [0.5, 0.6) is 0 Å². The maximum Gasteiger partial charge on any atom is 0.146 e. The summed E-state index contributed by atoms with van der Waals surface area (Å²) < 4.78 is 15.4. The van der Waals surface area contributed by atoms with Gasteiger partial charge in [-0.3, -0.25) is 4.68 Å². The molecule has 0 amide bonds. The third kappa shape index (κ3) is 1.81. The van der Waals surface area contributed by atoms with Gasteiger partial charge in [-0.05, 0) is 12.1 Å². The van der Waals surface area contributed by atoms with Crippen LogP contribution in [0.4, 0.5) is 4.39 Å². The fourth-order valence-electron chi connectivity index (χ4n) is 1.61. The third-order valence-electron chi connectivity index (χ3n) is 2.49. The predicted octanol–water partition coefficient (Wildman–Crippen LogP) is 2.26. The zero-order valence-corrected chi connectivity index (χ0v) is 9.45. The van der Waals surface area contributed by atoms with Crippen molar-refractivity contribution in [3.8, 4) is 0 Å². The molecule has 0 spiro atoms. The minimum absolute atomic E-state index is 0.0788. The monoisotopic (exact) mass is 239 g/mol. The highest BCUT2D eigenvalue weighted by Gasteiger charge is 2.17. The Kier molecular flexibility index (Phi) is 2.94. The lowest BCUT2D eigenvalue weighted by atomic mass is 10.0. The third-order valence-corrected chi connectivity index (χ3v) is 2.79. The van der Waals surface area contributed by atoms with Gasteiger partial charge in [0, 0.05) is 18.8 Å². The van der Waals surface area contributed by atoms with Crippen LogP contribution in [-0.4, -0.2) is 9.78 Å². The molecule has 0 aliphatic heterocycles. The average Bonchev–Trinajstić information content (AvgIpc) is 2.68. The highest BCUT2D eigenvalue weighted by molar-refractivity contribution is 6.30. The van der Waals surface area contributed by atoms with Gasteiger partial charge < -0.3 is 5.73 Å². The van der Waals surface area contributed by atoms with E-state index in [0.29, 0.717) is 5.56 Å². The number of hydrogen-bond acceptors (Lipinski definition) is 2. The molecule has 2 rings (SSSR count). The number of halogens is 2. The molecule has 1 atom stereocenters. The molecule has 0 saturated heterocycles. The summed E-state index contributed by atoms with van der Waals surface area (Å²) in [5.74, 6) is -0.474. The van der Waals surface area contributed by atoms with Crippen LogP contribution in [0.15, 0.2) is 30.5 Å². The van der Waals surface area contributed by atoms with E-state index in [1.807, 2.05) is 0 Å². The van der Waals surface area contributed by atoms with Gasteiger partial charge in [0.15, 0.2) is 0 Å². The maximum absolute atomic E-state index is 13.7. The molecule has 0 radical (unpaired) electrons. The molecular formula is C11H11ClFN3. The van der Waals surface area contributed by atoms with E-state index in [1.165, 1.54) is 6.07 Å². The van der Waals surface area contributed by atoms with Crippen LogP contribution in [0.3, 0.4) is 0 Å². The zero-order chi connectivity index (χ0) is 11.7. The van der Waals surface area contributed by atoms with Crippen molar-refractivity contribution in [3.63, 3.8) is 0 Å². The van der Waals surface area contributed by atoms with E-state index in [4.69, 9.17) is 17.3 Å². The standard InChI is InChI=1S/C11H11ClFN3/c1-16-9(5-6-15-16)11(14)7-3-2-4-8(12)10(7)13/h2-6,11H,14H2,1H3. The lowest BCUT2D eigenvalue weighted by molar-refractivity contribution is 0.587. The molecule has 3 nitrogen and oxygen atoms in total. The quantitative estimate of drug-likeness (QED) is 0.874. The van der Waals surface area contributed by atoms with Crippen LogP contribution >= 0.6 is 11.6 Å². The Labute approximate surface area is 97.6 Å². The molecule has 1 heterocycles. The van der Waals surface area contributed by atoms with Crippen molar-refractivity contribution in [2.24, 2.45) is 12.8 Å². The molecule has 0 aliphatic carbocycles. The number of aryl methyl sites for hydroxylation is 1. The largest absolute Gasteiger partial charge is 0.319 e. The minimum Gasteiger partial charge on any atom is -0.319 e. The van der Waals surface area contributed by atoms with Crippen LogP contribution in [-0.2, 0) is 7.05 Å². The van der Waals surface area contributed by atoms with E-state index in [0.717, 1.165) is 5.69 Å². The molecular weight excluding hydrogens is 229 g/mol. The number of benzene rings is 1. The fraction of sp³-hybridized carbons (Fsp3) is 0.182. The lowest BCUT2D eigenvalue weighted by Gasteiger charge is -2.13. The van der Waals surface area contributed by atoms with Crippen molar-refractivity contribution in [2.75, 3.05) is 0 Å². The minimum atomic E-state index is -0.564. The number of aromatic nitrogens is 2. The molecule has 1 unspecified atom stereocenters.